The molecule has 1 aliphatic rings. The van der Waals surface area contributed by atoms with Crippen molar-refractivity contribution >= 4 is 35.6 Å². The summed E-state index contributed by atoms with van der Waals surface area (Å²) in [4.78, 5) is 13.0. The van der Waals surface area contributed by atoms with Crippen LogP contribution >= 0.6 is 11.8 Å². The first kappa shape index (κ1) is 25.9. The first-order chi connectivity index (χ1) is 16.8. The molecule has 35 heavy (non-hydrogen) atoms. The van der Waals surface area contributed by atoms with Gasteiger partial charge in [-0.05, 0) is 15.4 Å². The minimum absolute atomic E-state index is 0.0476. The van der Waals surface area contributed by atoms with Crippen molar-refractivity contribution in [3.63, 3.8) is 0 Å². The molecule has 0 amide bonds. The monoisotopic (exact) mass is 506 g/mol. The number of ether oxygens (including phenoxy) is 2. The molecular weight excluding hydrogens is 472 g/mol. The first-order valence-electron chi connectivity index (χ1n) is 12.0. The highest BCUT2D eigenvalue weighted by Crippen LogP contribution is 2.39. The van der Waals surface area contributed by atoms with Crippen molar-refractivity contribution < 1.29 is 18.7 Å². The van der Waals surface area contributed by atoms with E-state index in [9.17, 15) is 4.79 Å². The summed E-state index contributed by atoms with van der Waals surface area (Å²) in [5.74, 6) is 0. The van der Waals surface area contributed by atoms with Gasteiger partial charge in [0.1, 0.15) is 0 Å². The largest absolute Gasteiger partial charge is 0.405 e. The van der Waals surface area contributed by atoms with E-state index in [4.69, 9.17) is 13.9 Å². The molecule has 1 saturated heterocycles. The van der Waals surface area contributed by atoms with Gasteiger partial charge in [-0.15, -0.1) is 0 Å². The fourth-order valence-electron chi connectivity index (χ4n) is 4.85. The molecule has 184 valence electrons. The van der Waals surface area contributed by atoms with Gasteiger partial charge in [-0.2, -0.15) is 0 Å². The lowest BCUT2D eigenvalue weighted by Gasteiger charge is -2.43. The Morgan fingerprint density at radius 2 is 1.43 bits per heavy atom. The summed E-state index contributed by atoms with van der Waals surface area (Å²) in [7, 11) is -1.05. The zero-order valence-corrected chi connectivity index (χ0v) is 22.7. The van der Waals surface area contributed by atoms with E-state index in [-0.39, 0.29) is 27.8 Å². The summed E-state index contributed by atoms with van der Waals surface area (Å²) in [6, 6.07) is 30.6. The molecule has 6 heteroatoms. The minimum atomic E-state index is -2.70. The zero-order chi connectivity index (χ0) is 24.9. The Kier molecular flexibility index (Phi) is 8.29. The highest BCUT2D eigenvalue weighted by Gasteiger charge is 2.51. The van der Waals surface area contributed by atoms with Crippen molar-refractivity contribution in [2.75, 3.05) is 13.7 Å². The Hall–Kier alpha value is -2.22. The molecule has 0 saturated carbocycles. The Morgan fingerprint density at radius 3 is 1.91 bits per heavy atom. The summed E-state index contributed by atoms with van der Waals surface area (Å²) in [6.07, 6.45) is 0.0530. The van der Waals surface area contributed by atoms with Gasteiger partial charge in [-0.25, -0.2) is 0 Å². The molecule has 1 aliphatic heterocycles. The van der Waals surface area contributed by atoms with E-state index >= 15 is 0 Å². The number of benzene rings is 3. The van der Waals surface area contributed by atoms with E-state index in [1.165, 1.54) is 22.1 Å². The van der Waals surface area contributed by atoms with Crippen molar-refractivity contribution in [2.24, 2.45) is 0 Å². The second kappa shape index (κ2) is 11.2. The number of rotatable bonds is 8. The predicted octanol–water partition coefficient (Wildman–Crippen LogP) is 5.27. The lowest BCUT2D eigenvalue weighted by Crippen LogP contribution is -2.67. The Labute approximate surface area is 214 Å². The molecule has 3 aromatic rings. The van der Waals surface area contributed by atoms with Crippen molar-refractivity contribution in [3.05, 3.63) is 96.6 Å². The summed E-state index contributed by atoms with van der Waals surface area (Å²) in [6.45, 7) is 7.18. The molecular formula is C29H34O4SSi. The summed E-state index contributed by atoms with van der Waals surface area (Å²) < 4.78 is 18.9. The van der Waals surface area contributed by atoms with Crippen LogP contribution in [0.2, 0.25) is 5.04 Å². The van der Waals surface area contributed by atoms with E-state index in [0.29, 0.717) is 18.6 Å². The van der Waals surface area contributed by atoms with Crippen LogP contribution < -0.4 is 10.4 Å². The van der Waals surface area contributed by atoms with Gasteiger partial charge in [0.2, 0.25) is 5.12 Å². The third-order valence-corrected chi connectivity index (χ3v) is 12.8. The Bertz CT molecular complexity index is 1050. The van der Waals surface area contributed by atoms with E-state index in [1.54, 1.807) is 7.11 Å². The number of hydrogen-bond donors (Lipinski definition) is 0. The van der Waals surface area contributed by atoms with Gasteiger partial charge >= 0.3 is 0 Å². The maximum absolute atomic E-state index is 13.0. The van der Waals surface area contributed by atoms with E-state index in [2.05, 4.69) is 69.3 Å². The molecule has 0 radical (unpaired) electrons. The summed E-state index contributed by atoms with van der Waals surface area (Å²) in [5, 5.41) is 2.32. The van der Waals surface area contributed by atoms with E-state index < -0.39 is 8.32 Å². The molecule has 0 spiro atoms. The smallest absolute Gasteiger partial charge is 0.261 e. The van der Waals surface area contributed by atoms with Gasteiger partial charge in [-0.1, -0.05) is 124 Å². The molecule has 0 unspecified atom stereocenters. The molecule has 4 nitrogen and oxygen atoms in total. The molecule has 0 aliphatic carbocycles. The number of carbonyl (C=O) groups excluding carboxylic acids is 1. The number of carbonyl (C=O) groups is 1. The second-order valence-electron chi connectivity index (χ2n) is 9.86. The summed E-state index contributed by atoms with van der Waals surface area (Å²) in [5.41, 5.74) is 0.699. The fourth-order valence-corrected chi connectivity index (χ4v) is 10.5. The normalized spacial score (nSPS) is 20.6. The van der Waals surface area contributed by atoms with Gasteiger partial charge in [0.15, 0.2) is 6.29 Å². The summed E-state index contributed by atoms with van der Waals surface area (Å²) >= 11 is 1.33. The highest BCUT2D eigenvalue weighted by atomic mass is 32.2. The van der Waals surface area contributed by atoms with E-state index in [0.717, 1.165) is 0 Å². The Morgan fingerprint density at radius 1 is 0.914 bits per heavy atom. The number of methoxy groups -OCH3 is 1. The molecule has 0 aromatic heterocycles. The number of thioether (sulfide) groups is 1. The molecule has 4 rings (SSSR count). The van der Waals surface area contributed by atoms with Crippen LogP contribution in [0.25, 0.3) is 0 Å². The fraction of sp³-hybridized carbons (Fsp3) is 0.345. The average molecular weight is 507 g/mol. The number of hydrogen-bond acceptors (Lipinski definition) is 5. The topological polar surface area (TPSA) is 44.8 Å². The molecule has 3 atom stereocenters. The van der Waals surface area contributed by atoms with E-state index in [1.807, 2.05) is 42.5 Å². The van der Waals surface area contributed by atoms with Crippen LogP contribution in [-0.4, -0.2) is 44.8 Å². The van der Waals surface area contributed by atoms with Gasteiger partial charge in [0.25, 0.3) is 8.32 Å². The quantitative estimate of drug-likeness (QED) is 0.390. The van der Waals surface area contributed by atoms with Crippen LogP contribution in [0.1, 0.15) is 37.6 Å². The van der Waals surface area contributed by atoms with Crippen molar-refractivity contribution in [2.45, 2.75) is 49.9 Å². The van der Waals surface area contributed by atoms with Gasteiger partial charge < -0.3 is 13.9 Å². The van der Waals surface area contributed by atoms with Crippen LogP contribution in [0.3, 0.4) is 0 Å². The molecule has 0 N–H and O–H groups in total. The maximum atomic E-state index is 13.0. The van der Waals surface area contributed by atoms with Crippen LogP contribution in [0.15, 0.2) is 91.0 Å². The van der Waals surface area contributed by atoms with Gasteiger partial charge in [0.05, 0.1) is 12.7 Å². The van der Waals surface area contributed by atoms with Crippen LogP contribution in [0.4, 0.5) is 0 Å². The van der Waals surface area contributed by atoms with Crippen molar-refractivity contribution in [1.82, 2.24) is 0 Å². The standard InChI is InChI=1S/C29H34O4SSi/c1-29(2,3)35(23-16-10-6-11-17-23,24-18-12-7-13-19-24)32-21-25-26(20-27(31-4)33-25)34-28(30)22-14-8-5-9-15-22/h5-19,25-27H,20-21H2,1-4H3/t25-,26+,27+/m1/s1. The van der Waals surface area contributed by atoms with Crippen LogP contribution in [-0.2, 0) is 13.9 Å². The molecule has 3 aromatic carbocycles. The highest BCUT2D eigenvalue weighted by molar-refractivity contribution is 8.14. The van der Waals surface area contributed by atoms with Crippen molar-refractivity contribution in [1.29, 1.82) is 0 Å². The molecule has 1 fully saturated rings. The average Bonchev–Trinajstić information content (AvgIpc) is 3.27. The lowest BCUT2D eigenvalue weighted by molar-refractivity contribution is -0.121. The lowest BCUT2D eigenvalue weighted by atomic mass is 10.2. The second-order valence-corrected chi connectivity index (χ2v) is 15.4. The molecule has 1 heterocycles. The minimum Gasteiger partial charge on any atom is -0.405 e. The maximum Gasteiger partial charge on any atom is 0.261 e. The van der Waals surface area contributed by atoms with Crippen LogP contribution in [0.5, 0.6) is 0 Å². The van der Waals surface area contributed by atoms with Gasteiger partial charge in [0, 0.05) is 24.3 Å². The third kappa shape index (κ3) is 5.62. The van der Waals surface area contributed by atoms with Crippen LogP contribution in [0, 0.1) is 0 Å². The Balaban J connectivity index is 1.63. The third-order valence-electron chi connectivity index (χ3n) is 6.58. The SMILES string of the molecule is CO[C@@H]1C[C@H](SC(=O)c2ccccc2)[C@@H](CO[Si](c2ccccc2)(c2ccccc2)C(C)(C)C)O1. The zero-order valence-electron chi connectivity index (χ0n) is 20.8. The molecule has 0 bridgehead atoms. The first-order valence-corrected chi connectivity index (χ1v) is 14.8. The van der Waals surface area contributed by atoms with Gasteiger partial charge in [-0.3, -0.25) is 4.79 Å². The predicted molar refractivity (Wildman–Crippen MR) is 146 cm³/mol. The van der Waals surface area contributed by atoms with Crippen molar-refractivity contribution in [3.8, 4) is 0 Å².